The molecule has 2 saturated carbocycles. The Bertz CT molecular complexity index is 2140. The number of hydrogen-bond acceptors (Lipinski definition) is 12. The SMILES string of the molecule is C.C.C.C.C.C.C.C.C.C.C.C.CC1(C)CCCCC1.CCCCCCCCCCCCCCCC(=O)CC1CCC(C)(C)CC1.CCCCCCCCCCCCCCCC(=O)NCCCCC(NC(=O)CCCCCOC)C(=O)NCCCCOP(C)(=O)O.COCCCCCC(=O)NCC(=O)NCCCCOP(C)(=O)O.[U].[U].[U].[U].[U].[U].[U].[U]. The van der Waals surface area contributed by atoms with Crippen LogP contribution >= 0.6 is 15.2 Å². The first-order valence-electron chi connectivity index (χ1n) is 41.5. The fraction of sp³-hybridized carbons (Fsp3) is 0.935. The van der Waals surface area contributed by atoms with Crippen molar-refractivity contribution in [3.05, 3.63) is 0 Å². The van der Waals surface area contributed by atoms with Crippen LogP contribution in [0.2, 0.25) is 0 Å². The van der Waals surface area contributed by atoms with Crippen molar-refractivity contribution in [2.75, 3.05) is 80.2 Å². The Morgan fingerprint density at radius 2 is 0.639 bits per heavy atom. The average molecular weight is 3590 g/mol. The van der Waals surface area contributed by atoms with E-state index in [1.165, 1.54) is 205 Å². The normalized spacial score (nSPS) is 13.0. The van der Waals surface area contributed by atoms with Crippen molar-refractivity contribution in [1.29, 1.82) is 0 Å². The van der Waals surface area contributed by atoms with Crippen LogP contribution in [0.15, 0.2) is 0 Å². The minimum atomic E-state index is -3.49. The van der Waals surface area contributed by atoms with E-state index >= 15 is 0 Å². The molecule has 5 amide bonds. The van der Waals surface area contributed by atoms with Gasteiger partial charge in [0.15, 0.2) is 0 Å². The van der Waals surface area contributed by atoms with Gasteiger partial charge >= 0.3 is 15.2 Å². The second-order valence-electron chi connectivity index (χ2n) is 31.2. The monoisotopic (exact) mass is 3590 g/mol. The molecule has 732 valence electrons. The molecule has 2 fully saturated rings. The number of hydrogen-bond donors (Lipinski definition) is 7. The summed E-state index contributed by atoms with van der Waals surface area (Å²) in [7, 11) is -3.60. The van der Waals surface area contributed by atoms with Crippen molar-refractivity contribution in [3.63, 3.8) is 0 Å². The summed E-state index contributed by atoms with van der Waals surface area (Å²) in [6.45, 7) is 19.4. The van der Waals surface area contributed by atoms with Crippen molar-refractivity contribution in [3.8, 4) is 0 Å². The molecule has 3 atom stereocenters. The molecule has 0 radical (unpaired) electrons. The Morgan fingerprint density at radius 3 is 0.975 bits per heavy atom. The van der Waals surface area contributed by atoms with Gasteiger partial charge in [0, 0.05) is 341 Å². The molecule has 2 rings (SSSR count). The first-order valence-corrected chi connectivity index (χ1v) is 45.6. The predicted octanol–water partition coefficient (Wildman–Crippen LogP) is 27.5. The topological polar surface area (TPSA) is 274 Å². The summed E-state index contributed by atoms with van der Waals surface area (Å²) in [5, 5.41) is 14.0. The maximum absolute atomic E-state index is 12.8. The Hall–Kier alpha value is 5.66. The summed E-state index contributed by atoms with van der Waals surface area (Å²) in [5.41, 5.74) is 1.20. The van der Waals surface area contributed by atoms with Crippen LogP contribution in [-0.2, 0) is 56.4 Å². The molecule has 2 aliphatic rings. The quantitative estimate of drug-likeness (QED) is 0.0220. The van der Waals surface area contributed by atoms with Gasteiger partial charge in [-0.15, -0.1) is 0 Å². The zero-order chi connectivity index (χ0) is 76.1. The van der Waals surface area contributed by atoms with Gasteiger partial charge in [-0.1, -0.05) is 317 Å². The van der Waals surface area contributed by atoms with Gasteiger partial charge in [-0.25, -0.2) is 0 Å². The summed E-state index contributed by atoms with van der Waals surface area (Å²) in [4.78, 5) is 90.8. The van der Waals surface area contributed by atoms with E-state index in [0.29, 0.717) is 113 Å². The first kappa shape index (κ1) is 183. The van der Waals surface area contributed by atoms with Crippen molar-refractivity contribution in [2.24, 2.45) is 16.7 Å². The molecule has 0 aromatic rings. The third-order valence-corrected chi connectivity index (χ3v) is 20.8. The number of ether oxygens (including phenoxy) is 2. The number of rotatable bonds is 63. The van der Waals surface area contributed by atoms with E-state index in [-0.39, 0.29) is 387 Å². The van der Waals surface area contributed by atoms with E-state index in [0.717, 1.165) is 90.4 Å². The van der Waals surface area contributed by atoms with Crippen LogP contribution in [0.4, 0.5) is 0 Å². The molecule has 0 aliphatic heterocycles. The van der Waals surface area contributed by atoms with Crippen molar-refractivity contribution < 1.29 is 315 Å². The van der Waals surface area contributed by atoms with Crippen LogP contribution in [0.3, 0.4) is 0 Å². The zero-order valence-electron chi connectivity index (χ0n) is 71.5. The molecule has 0 saturated heterocycles. The van der Waals surface area contributed by atoms with Gasteiger partial charge in [-0.2, -0.15) is 0 Å². The van der Waals surface area contributed by atoms with Gasteiger partial charge < -0.3 is 54.9 Å². The number of unbranched alkanes of at least 4 members (excludes halogenated alkanes) is 31. The van der Waals surface area contributed by atoms with Gasteiger partial charge in [-0.05, 0) is 139 Å². The smallest absolute Gasteiger partial charge is 0.325 e. The second-order valence-corrected chi connectivity index (χ2v) is 35.0. The van der Waals surface area contributed by atoms with E-state index in [1.54, 1.807) is 14.2 Å². The van der Waals surface area contributed by atoms with E-state index in [2.05, 4.69) is 68.1 Å². The van der Waals surface area contributed by atoms with Crippen LogP contribution < -0.4 is 26.6 Å². The van der Waals surface area contributed by atoms with Gasteiger partial charge in [0.2, 0.25) is 29.5 Å². The fourth-order valence-electron chi connectivity index (χ4n) is 12.8. The molecule has 0 heterocycles. The number of methoxy groups -OCH3 is 2. The van der Waals surface area contributed by atoms with Crippen LogP contribution in [0.25, 0.3) is 0 Å². The molecule has 0 aromatic carbocycles. The van der Waals surface area contributed by atoms with Crippen molar-refractivity contribution >= 4 is 50.5 Å². The molecule has 0 bridgehead atoms. The number of ketones is 1. The van der Waals surface area contributed by atoms with Crippen LogP contribution in [0, 0.1) is 266 Å². The Labute approximate surface area is 952 Å². The molecule has 0 aromatic heterocycles. The van der Waals surface area contributed by atoms with E-state index in [4.69, 9.17) is 23.4 Å². The Kier molecular flexibility index (Phi) is 197. The second kappa shape index (κ2) is 131. The Morgan fingerprint density at radius 1 is 0.352 bits per heavy atom. The summed E-state index contributed by atoms with van der Waals surface area (Å²) < 4.78 is 41.6. The van der Waals surface area contributed by atoms with Gasteiger partial charge in [-0.3, -0.25) is 37.9 Å². The number of amides is 5. The number of Topliss-reactive ketones (excluding diaryl/α,β-unsaturated/α-hetero) is 1. The fourth-order valence-corrected chi connectivity index (χ4v) is 13.7. The molecule has 3 unspecified atom stereocenters. The largest absolute Gasteiger partial charge is 0.385 e. The third-order valence-electron chi connectivity index (χ3n) is 19.5. The molecule has 122 heavy (non-hydrogen) atoms. The number of nitrogens with one attached hydrogen (secondary N) is 5. The van der Waals surface area contributed by atoms with Crippen LogP contribution in [-0.4, -0.2) is 131 Å². The minimum absolute atomic E-state index is 0. The summed E-state index contributed by atoms with van der Waals surface area (Å²) in [6.07, 6.45) is 59.5. The van der Waals surface area contributed by atoms with Crippen LogP contribution in [0.5, 0.6) is 0 Å². The van der Waals surface area contributed by atoms with E-state index in [9.17, 15) is 42.8 Å². The molecule has 0 spiro atoms. The molecular formula is C93H209N5O14P2U8. The van der Waals surface area contributed by atoms with Gasteiger partial charge in [0.05, 0.1) is 19.8 Å². The van der Waals surface area contributed by atoms with Crippen LogP contribution in [0.1, 0.15) is 471 Å². The molecular weight excluding hydrogens is 3380 g/mol. The van der Waals surface area contributed by atoms with E-state index in [1.807, 2.05) is 0 Å². The zero-order valence-corrected chi connectivity index (χ0v) is 107. The maximum Gasteiger partial charge on any atom is 0.325 e. The molecule has 19 nitrogen and oxygen atoms in total. The van der Waals surface area contributed by atoms with Crippen molar-refractivity contribution in [2.45, 2.75) is 477 Å². The Balaban J connectivity index is -0.0000000567. The number of carbonyl (C=O) groups is 6. The van der Waals surface area contributed by atoms with E-state index < -0.39 is 21.2 Å². The first-order chi connectivity index (χ1) is 48.8. The molecule has 29 heteroatoms. The van der Waals surface area contributed by atoms with Crippen molar-refractivity contribution in [1.82, 2.24) is 26.6 Å². The maximum atomic E-state index is 12.8. The standard InChI is InChI=1S/C34H68N3O7P.C25H48O.C14H29N2O6P.C8H16.12CH4.8U/c1-4-5-6-7-8-9-10-11-12-13-14-15-17-25-32(38)35-27-20-19-24-31(37-33(39)26-18-16-22-29-43-2)34(40)36-28-21-23-30-44-45(3,41)42;1-4-5-6-7-8-9-10-11-12-13-14-15-16-17-24(26)22-23-18-20-25(2,3)21-19-23;1-21-10-6-3-4-8-13(17)16-12-14(18)15-9-5-7-11-22-23(2,19)20;1-8(2)6-4-3-5-7-8;;;;;;;;;;;;;;;;;;;;/h31H,4-30H2,1-3H3,(H,35,38)(H,36,40)(H,37,39)(H,41,42);23H,4-22H2,1-3H3;3-12H2,1-2H3,(H,15,18)(H,16,17)(H,19,20);3-7H2,1-2H3;12*1H4;;;;;;;;. The average Bonchev–Trinajstić information content (AvgIpc) is 0.874. The predicted molar refractivity (Wildman–Crippen MR) is 504 cm³/mol. The molecule has 2 aliphatic carbocycles. The van der Waals surface area contributed by atoms with Gasteiger partial charge in [0.25, 0.3) is 0 Å². The summed E-state index contributed by atoms with van der Waals surface area (Å²) in [6, 6.07) is -0.637. The minimum Gasteiger partial charge on any atom is -0.385 e. The summed E-state index contributed by atoms with van der Waals surface area (Å²) in [5.74, 6) is 0.552. The molecule has 7 N–H and O–H groups in total. The number of carbonyl (C=O) groups excluding carboxylic acids is 6. The van der Waals surface area contributed by atoms with Gasteiger partial charge in [0.1, 0.15) is 11.8 Å². The third kappa shape index (κ3) is 143. The summed E-state index contributed by atoms with van der Waals surface area (Å²) >= 11 is 0.